The number of aromatic amines is 1. The van der Waals surface area contributed by atoms with E-state index in [1.54, 1.807) is 6.08 Å². The van der Waals surface area contributed by atoms with Crippen molar-refractivity contribution in [2.24, 2.45) is 5.92 Å². The molecule has 0 saturated carbocycles. The summed E-state index contributed by atoms with van der Waals surface area (Å²) in [5.41, 5.74) is 4.45. The van der Waals surface area contributed by atoms with E-state index >= 15 is 0 Å². The van der Waals surface area contributed by atoms with Gasteiger partial charge in [-0.05, 0) is 57.2 Å². The van der Waals surface area contributed by atoms with Gasteiger partial charge >= 0.3 is 5.97 Å². The maximum atomic E-state index is 11.5. The summed E-state index contributed by atoms with van der Waals surface area (Å²) in [4.78, 5) is 18.2. The van der Waals surface area contributed by atoms with E-state index in [4.69, 9.17) is 5.11 Å². The molecule has 0 aliphatic heterocycles. The molecular formula is C32H46N2O4S. The molecule has 6 nitrogen and oxygen atoms in total. The average Bonchev–Trinajstić information content (AvgIpc) is 3.31. The molecule has 2 rings (SSSR count). The van der Waals surface area contributed by atoms with E-state index in [2.05, 4.69) is 67.2 Å². The lowest BCUT2D eigenvalue weighted by atomic mass is 9.96. The molecule has 2 aromatic rings. The third kappa shape index (κ3) is 12.9. The maximum Gasteiger partial charge on any atom is 0.303 e. The highest BCUT2D eigenvalue weighted by atomic mass is 32.2. The monoisotopic (exact) mass is 554 g/mol. The zero-order chi connectivity index (χ0) is 29.4. The summed E-state index contributed by atoms with van der Waals surface area (Å²) in [5.74, 6) is 0.429. The zero-order valence-corrected chi connectivity index (χ0v) is 25.4. The van der Waals surface area contributed by atoms with Crippen molar-refractivity contribution in [2.75, 3.05) is 12.0 Å². The van der Waals surface area contributed by atoms with E-state index in [1.165, 1.54) is 11.8 Å². The molecule has 2 N–H and O–H groups in total. The number of imidazole rings is 1. The van der Waals surface area contributed by atoms with Crippen molar-refractivity contribution in [3.05, 3.63) is 76.2 Å². The molecule has 1 aromatic heterocycles. The standard InChI is InChI=1S/C23H28N2O2S.C9H18O2/c1-6-18(20-11-9-17(4)10-12-20)13-14-19(7-2)23-24-21(8-3)22(25-23)15-16-28(5,26)27;1-3-5-6-8(4-2)7-9(10)11/h6-15H,16H2,1-5H3,(H,24,25);8H,3-7H2,1-2H3,(H,10,11)/b14-13-,18-6+,19-7+,21-8+,22-15+;. The lowest BCUT2D eigenvalue weighted by Gasteiger charge is -2.10. The number of sulfone groups is 1. The van der Waals surface area contributed by atoms with Crippen LogP contribution in [-0.4, -0.2) is 41.5 Å². The van der Waals surface area contributed by atoms with Gasteiger partial charge in [-0.1, -0.05) is 93.3 Å². The number of aliphatic carboxylic acids is 1. The van der Waals surface area contributed by atoms with Crippen molar-refractivity contribution in [2.45, 2.75) is 73.6 Å². The first-order chi connectivity index (χ1) is 18.5. The number of H-pyrrole nitrogens is 1. The van der Waals surface area contributed by atoms with Crippen LogP contribution in [0, 0.1) is 12.8 Å². The van der Waals surface area contributed by atoms with E-state index < -0.39 is 15.8 Å². The van der Waals surface area contributed by atoms with Crippen LogP contribution in [0.3, 0.4) is 0 Å². The molecule has 39 heavy (non-hydrogen) atoms. The van der Waals surface area contributed by atoms with Crippen molar-refractivity contribution in [1.82, 2.24) is 9.97 Å². The minimum Gasteiger partial charge on any atom is -0.481 e. The smallest absolute Gasteiger partial charge is 0.303 e. The Kier molecular flexibility index (Phi) is 15.1. The van der Waals surface area contributed by atoms with Gasteiger partial charge in [-0.25, -0.2) is 13.4 Å². The molecule has 1 unspecified atom stereocenters. The lowest BCUT2D eigenvalue weighted by molar-refractivity contribution is -0.138. The van der Waals surface area contributed by atoms with E-state index in [0.29, 0.717) is 18.2 Å². The Morgan fingerprint density at radius 3 is 2.15 bits per heavy atom. The fourth-order valence-electron chi connectivity index (χ4n) is 3.93. The molecule has 1 heterocycles. The number of unbranched alkanes of at least 4 members (excludes halogenated alkanes) is 1. The number of hydrogen-bond acceptors (Lipinski definition) is 4. The Morgan fingerprint density at radius 1 is 1.05 bits per heavy atom. The minimum atomic E-state index is -3.08. The van der Waals surface area contributed by atoms with Gasteiger partial charge in [0.2, 0.25) is 0 Å². The fraction of sp³-hybridized carbons (Fsp3) is 0.438. The number of carboxylic acid groups (broad SMARTS) is 1. The lowest BCUT2D eigenvalue weighted by Crippen LogP contribution is -2.25. The van der Waals surface area contributed by atoms with E-state index in [-0.39, 0.29) is 5.75 Å². The number of nitrogens with one attached hydrogen (secondary N) is 1. The minimum absolute atomic E-state index is 0.0212. The van der Waals surface area contributed by atoms with Crippen LogP contribution >= 0.6 is 0 Å². The Labute approximate surface area is 234 Å². The Bertz CT molecular complexity index is 1360. The quantitative estimate of drug-likeness (QED) is 0.310. The van der Waals surface area contributed by atoms with Gasteiger partial charge in [0.05, 0.1) is 16.5 Å². The summed E-state index contributed by atoms with van der Waals surface area (Å²) >= 11 is 0. The summed E-state index contributed by atoms with van der Waals surface area (Å²) in [6, 6.07) is 8.42. The molecule has 0 bridgehead atoms. The van der Waals surface area contributed by atoms with Crippen LogP contribution in [0.25, 0.3) is 23.3 Å². The molecule has 0 saturated heterocycles. The van der Waals surface area contributed by atoms with E-state index in [1.807, 2.05) is 39.0 Å². The molecule has 1 aromatic carbocycles. The molecule has 0 spiro atoms. The SMILES string of the molecule is CCCCC(CC)CC(=O)O.C\C=C(/C=C\C(=C/C)c1nc(=C/C)/c(=C\CS(C)(=O)=O)[nH]1)c1ccc(C)cc1. The molecule has 1 atom stereocenters. The normalized spacial score (nSPS) is 14.4. The number of rotatable bonds is 12. The third-order valence-electron chi connectivity index (χ3n) is 6.35. The second-order valence-corrected chi connectivity index (χ2v) is 11.9. The number of carboxylic acids is 1. The first kappa shape index (κ1) is 33.8. The first-order valence-electron chi connectivity index (χ1n) is 13.7. The van der Waals surface area contributed by atoms with Gasteiger partial charge in [0.15, 0.2) is 9.84 Å². The predicted octanol–water partition coefficient (Wildman–Crippen LogP) is 6.08. The van der Waals surface area contributed by atoms with Gasteiger partial charge in [-0.15, -0.1) is 0 Å². The van der Waals surface area contributed by atoms with Gasteiger partial charge < -0.3 is 10.1 Å². The summed E-state index contributed by atoms with van der Waals surface area (Å²) < 4.78 is 22.9. The molecule has 0 amide bonds. The number of benzene rings is 1. The topological polar surface area (TPSA) is 100 Å². The largest absolute Gasteiger partial charge is 0.481 e. The average molecular weight is 555 g/mol. The number of carbonyl (C=O) groups is 1. The van der Waals surface area contributed by atoms with Crippen LogP contribution in [0.15, 0.2) is 48.6 Å². The highest BCUT2D eigenvalue weighted by Gasteiger charge is 2.09. The second kappa shape index (κ2) is 17.4. The Balaban J connectivity index is 0.000000584. The van der Waals surface area contributed by atoms with E-state index in [9.17, 15) is 13.2 Å². The molecular weight excluding hydrogens is 508 g/mol. The van der Waals surface area contributed by atoms with Crippen molar-refractivity contribution >= 4 is 39.1 Å². The molecule has 0 aliphatic rings. The number of nitrogens with zero attached hydrogens (tertiary/aromatic N) is 1. The molecule has 0 aliphatic carbocycles. The van der Waals surface area contributed by atoms with Crippen LogP contribution in [-0.2, 0) is 14.6 Å². The van der Waals surface area contributed by atoms with Crippen LogP contribution < -0.4 is 10.7 Å². The first-order valence-corrected chi connectivity index (χ1v) is 15.7. The summed E-state index contributed by atoms with van der Waals surface area (Å²) in [6.45, 7) is 12.1. The van der Waals surface area contributed by atoms with E-state index in [0.717, 1.165) is 53.1 Å². The van der Waals surface area contributed by atoms with Crippen LogP contribution in [0.1, 0.15) is 83.7 Å². The van der Waals surface area contributed by atoms with Crippen molar-refractivity contribution in [3.63, 3.8) is 0 Å². The van der Waals surface area contributed by atoms with Crippen molar-refractivity contribution < 1.29 is 18.3 Å². The third-order valence-corrected chi connectivity index (χ3v) is 7.13. The summed E-state index contributed by atoms with van der Waals surface area (Å²) in [7, 11) is -3.08. The van der Waals surface area contributed by atoms with Gasteiger partial charge in [-0.2, -0.15) is 0 Å². The summed E-state index contributed by atoms with van der Waals surface area (Å²) in [6.07, 6.45) is 17.6. The van der Waals surface area contributed by atoms with Crippen molar-refractivity contribution in [1.29, 1.82) is 0 Å². The highest BCUT2D eigenvalue weighted by molar-refractivity contribution is 7.91. The number of allylic oxidation sites excluding steroid dienone is 6. The van der Waals surface area contributed by atoms with Gasteiger partial charge in [0, 0.05) is 18.2 Å². The highest BCUT2D eigenvalue weighted by Crippen LogP contribution is 2.19. The Morgan fingerprint density at radius 2 is 1.67 bits per heavy atom. The van der Waals surface area contributed by atoms with Crippen molar-refractivity contribution in [3.8, 4) is 0 Å². The second-order valence-electron chi connectivity index (χ2n) is 9.67. The molecule has 7 heteroatoms. The van der Waals surface area contributed by atoms with Crippen LogP contribution in [0.4, 0.5) is 0 Å². The molecule has 0 radical (unpaired) electrons. The van der Waals surface area contributed by atoms with Gasteiger partial charge in [-0.3, -0.25) is 4.79 Å². The number of hydrogen-bond donors (Lipinski definition) is 2. The Hall–Kier alpha value is -3.19. The fourth-order valence-corrected chi connectivity index (χ4v) is 4.40. The summed E-state index contributed by atoms with van der Waals surface area (Å²) in [5, 5.41) is 9.98. The number of aromatic nitrogens is 2. The van der Waals surface area contributed by atoms with Crippen LogP contribution in [0.5, 0.6) is 0 Å². The van der Waals surface area contributed by atoms with Crippen LogP contribution in [0.2, 0.25) is 0 Å². The molecule has 214 valence electrons. The van der Waals surface area contributed by atoms with Gasteiger partial charge in [0.1, 0.15) is 5.82 Å². The zero-order valence-electron chi connectivity index (χ0n) is 24.6. The predicted molar refractivity (Wildman–Crippen MR) is 165 cm³/mol. The maximum absolute atomic E-state index is 11.5. The number of aryl methyl sites for hydroxylation is 1. The van der Waals surface area contributed by atoms with Gasteiger partial charge in [0.25, 0.3) is 0 Å². The molecule has 0 fully saturated rings.